The molecular formula is C8H9F2N. The number of hydrogen-bond acceptors (Lipinski definition) is 1. The van der Waals surface area contributed by atoms with Crippen molar-refractivity contribution in [2.24, 2.45) is 0 Å². The van der Waals surface area contributed by atoms with Crippen LogP contribution in [-0.4, -0.2) is 0 Å². The summed E-state index contributed by atoms with van der Waals surface area (Å²) < 4.78 is 25.4. The number of hydrogen-bond donors (Lipinski definition) is 1. The number of halogens is 2. The van der Waals surface area contributed by atoms with Crippen LogP contribution in [0, 0.1) is 25.5 Å². The predicted molar refractivity (Wildman–Crippen MR) is 40.2 cm³/mol. The fourth-order valence-electron chi connectivity index (χ4n) is 0.866. The summed E-state index contributed by atoms with van der Waals surface area (Å²) in [7, 11) is 0. The molecule has 0 spiro atoms. The Kier molecular flexibility index (Phi) is 1.81. The van der Waals surface area contributed by atoms with E-state index < -0.39 is 11.6 Å². The summed E-state index contributed by atoms with van der Waals surface area (Å²) in [6.45, 7) is 3.05. The van der Waals surface area contributed by atoms with Crippen molar-refractivity contribution in [3.05, 3.63) is 28.8 Å². The first-order valence-electron chi connectivity index (χ1n) is 3.24. The van der Waals surface area contributed by atoms with E-state index >= 15 is 0 Å². The number of anilines is 1. The maximum Gasteiger partial charge on any atom is 0.131 e. The van der Waals surface area contributed by atoms with Gasteiger partial charge >= 0.3 is 0 Å². The molecule has 0 amide bonds. The standard InChI is InChI=1S/C8H9F2N/c1-4-6(9)3-7(10)5(2)8(4)11/h3H,11H2,1-2H3. The fraction of sp³-hybridized carbons (Fsp3) is 0.250. The second kappa shape index (κ2) is 2.49. The normalized spacial score (nSPS) is 10.2. The van der Waals surface area contributed by atoms with Gasteiger partial charge in [0.2, 0.25) is 0 Å². The molecule has 0 aliphatic rings. The van der Waals surface area contributed by atoms with E-state index in [2.05, 4.69) is 0 Å². The van der Waals surface area contributed by atoms with Gasteiger partial charge in [-0.1, -0.05) is 0 Å². The number of rotatable bonds is 0. The summed E-state index contributed by atoms with van der Waals surface area (Å²) in [6, 6.07) is 0.848. The van der Waals surface area contributed by atoms with Crippen LogP contribution >= 0.6 is 0 Å². The zero-order valence-corrected chi connectivity index (χ0v) is 6.41. The highest BCUT2D eigenvalue weighted by molar-refractivity contribution is 5.53. The van der Waals surface area contributed by atoms with Crippen LogP contribution in [0.3, 0.4) is 0 Å². The Hall–Kier alpha value is -1.12. The van der Waals surface area contributed by atoms with Crippen molar-refractivity contribution in [1.82, 2.24) is 0 Å². The monoisotopic (exact) mass is 157 g/mol. The Balaban J connectivity index is 3.46. The van der Waals surface area contributed by atoms with E-state index in [0.717, 1.165) is 6.07 Å². The van der Waals surface area contributed by atoms with Crippen LogP contribution < -0.4 is 5.73 Å². The van der Waals surface area contributed by atoms with Gasteiger partial charge in [0.1, 0.15) is 11.6 Å². The molecule has 11 heavy (non-hydrogen) atoms. The molecule has 0 atom stereocenters. The van der Waals surface area contributed by atoms with Gasteiger partial charge in [0.05, 0.1) is 0 Å². The van der Waals surface area contributed by atoms with Crippen molar-refractivity contribution in [3.63, 3.8) is 0 Å². The van der Waals surface area contributed by atoms with E-state index in [1.807, 2.05) is 0 Å². The second-order valence-electron chi connectivity index (χ2n) is 2.50. The number of benzene rings is 1. The highest BCUT2D eigenvalue weighted by atomic mass is 19.1. The lowest BCUT2D eigenvalue weighted by molar-refractivity contribution is 0.573. The van der Waals surface area contributed by atoms with Gasteiger partial charge in [-0.25, -0.2) is 8.78 Å². The van der Waals surface area contributed by atoms with Crippen LogP contribution in [0.4, 0.5) is 14.5 Å². The van der Waals surface area contributed by atoms with Crippen LogP contribution in [0.25, 0.3) is 0 Å². The molecule has 1 nitrogen and oxygen atoms in total. The van der Waals surface area contributed by atoms with Crippen LogP contribution in [-0.2, 0) is 0 Å². The predicted octanol–water partition coefficient (Wildman–Crippen LogP) is 2.16. The highest BCUT2D eigenvalue weighted by Gasteiger charge is 2.08. The quantitative estimate of drug-likeness (QED) is 0.574. The SMILES string of the molecule is Cc1c(F)cc(F)c(C)c1N. The first-order chi connectivity index (χ1) is 5.04. The van der Waals surface area contributed by atoms with Gasteiger partial charge in [0.25, 0.3) is 0 Å². The van der Waals surface area contributed by atoms with E-state index in [1.165, 1.54) is 13.8 Å². The number of nitrogens with two attached hydrogens (primary N) is 1. The first-order valence-corrected chi connectivity index (χ1v) is 3.24. The molecule has 60 valence electrons. The van der Waals surface area contributed by atoms with Crippen LogP contribution in [0.5, 0.6) is 0 Å². The smallest absolute Gasteiger partial charge is 0.131 e. The first kappa shape index (κ1) is 7.98. The van der Waals surface area contributed by atoms with E-state index in [-0.39, 0.29) is 5.69 Å². The van der Waals surface area contributed by atoms with Crippen molar-refractivity contribution < 1.29 is 8.78 Å². The Bertz CT molecular complexity index is 268. The molecule has 1 aromatic rings. The number of nitrogen functional groups attached to an aromatic ring is 1. The summed E-state index contributed by atoms with van der Waals surface area (Å²) in [5, 5.41) is 0. The molecular weight excluding hydrogens is 148 g/mol. The Morgan fingerprint density at radius 2 is 1.45 bits per heavy atom. The zero-order valence-electron chi connectivity index (χ0n) is 6.41. The van der Waals surface area contributed by atoms with Gasteiger partial charge < -0.3 is 5.73 Å². The van der Waals surface area contributed by atoms with E-state index in [0.29, 0.717) is 11.1 Å². The topological polar surface area (TPSA) is 26.0 Å². The molecule has 0 aromatic heterocycles. The molecule has 0 saturated carbocycles. The third-order valence-electron chi connectivity index (χ3n) is 1.78. The molecule has 0 bridgehead atoms. The maximum absolute atomic E-state index is 12.7. The van der Waals surface area contributed by atoms with Gasteiger partial charge in [-0.15, -0.1) is 0 Å². The summed E-state index contributed by atoms with van der Waals surface area (Å²) in [5.41, 5.74) is 6.22. The lowest BCUT2D eigenvalue weighted by Crippen LogP contribution is -1.99. The van der Waals surface area contributed by atoms with Gasteiger partial charge in [0, 0.05) is 22.9 Å². The van der Waals surface area contributed by atoms with Crippen LogP contribution in [0.1, 0.15) is 11.1 Å². The van der Waals surface area contributed by atoms with Crippen molar-refractivity contribution in [1.29, 1.82) is 0 Å². The Morgan fingerprint density at radius 1 is 1.09 bits per heavy atom. The van der Waals surface area contributed by atoms with Crippen molar-refractivity contribution in [2.75, 3.05) is 5.73 Å². The molecule has 0 radical (unpaired) electrons. The molecule has 3 heteroatoms. The molecule has 0 unspecified atom stereocenters. The second-order valence-corrected chi connectivity index (χ2v) is 2.50. The minimum Gasteiger partial charge on any atom is -0.398 e. The van der Waals surface area contributed by atoms with Gasteiger partial charge in [-0.05, 0) is 13.8 Å². The summed E-state index contributed by atoms with van der Waals surface area (Å²) in [4.78, 5) is 0. The van der Waals surface area contributed by atoms with Gasteiger partial charge in [-0.2, -0.15) is 0 Å². The third kappa shape index (κ3) is 1.18. The van der Waals surface area contributed by atoms with Gasteiger partial charge in [-0.3, -0.25) is 0 Å². The highest BCUT2D eigenvalue weighted by Crippen LogP contribution is 2.21. The average Bonchev–Trinajstić information content (AvgIpc) is 1.97. The molecule has 0 aliphatic carbocycles. The van der Waals surface area contributed by atoms with Crippen molar-refractivity contribution in [2.45, 2.75) is 13.8 Å². The molecule has 0 fully saturated rings. The largest absolute Gasteiger partial charge is 0.398 e. The molecule has 0 aliphatic heterocycles. The van der Waals surface area contributed by atoms with E-state index in [4.69, 9.17) is 5.73 Å². The summed E-state index contributed by atoms with van der Waals surface area (Å²) >= 11 is 0. The lowest BCUT2D eigenvalue weighted by Gasteiger charge is -2.05. The van der Waals surface area contributed by atoms with Gasteiger partial charge in [0.15, 0.2) is 0 Å². The van der Waals surface area contributed by atoms with Crippen molar-refractivity contribution in [3.8, 4) is 0 Å². The van der Waals surface area contributed by atoms with Crippen LogP contribution in [0.2, 0.25) is 0 Å². The van der Waals surface area contributed by atoms with E-state index in [9.17, 15) is 8.78 Å². The molecule has 2 N–H and O–H groups in total. The fourth-order valence-corrected chi connectivity index (χ4v) is 0.866. The molecule has 1 aromatic carbocycles. The lowest BCUT2D eigenvalue weighted by atomic mass is 10.1. The minimum absolute atomic E-state index is 0.197. The van der Waals surface area contributed by atoms with E-state index in [1.54, 1.807) is 0 Å². The summed E-state index contributed by atoms with van der Waals surface area (Å²) in [6.07, 6.45) is 0. The Morgan fingerprint density at radius 3 is 1.82 bits per heavy atom. The molecule has 1 rings (SSSR count). The van der Waals surface area contributed by atoms with Crippen LogP contribution in [0.15, 0.2) is 6.07 Å². The third-order valence-corrected chi connectivity index (χ3v) is 1.78. The molecule has 0 saturated heterocycles. The summed E-state index contributed by atoms with van der Waals surface area (Å²) in [5.74, 6) is -1.18. The Labute approximate surface area is 63.8 Å². The average molecular weight is 157 g/mol. The maximum atomic E-state index is 12.7. The van der Waals surface area contributed by atoms with Crippen molar-refractivity contribution >= 4 is 5.69 Å². The molecule has 0 heterocycles. The minimum atomic E-state index is -0.592. The zero-order chi connectivity index (χ0) is 8.59.